The molecule has 1 aromatic heterocycles. The Balaban J connectivity index is 1.72. The molecular weight excluding hydrogens is 406 g/mol. The Bertz CT molecular complexity index is 1030. The summed E-state index contributed by atoms with van der Waals surface area (Å²) in [5.41, 5.74) is 1.77. The van der Waals surface area contributed by atoms with Crippen LogP contribution in [-0.2, 0) is 17.8 Å². The molecule has 3 rings (SSSR count). The van der Waals surface area contributed by atoms with Gasteiger partial charge in [0.15, 0.2) is 11.5 Å². The Morgan fingerprint density at radius 2 is 1.75 bits per heavy atom. The van der Waals surface area contributed by atoms with E-state index in [1.807, 2.05) is 47.4 Å². The van der Waals surface area contributed by atoms with Crippen LogP contribution < -0.4 is 9.47 Å². The minimum atomic E-state index is -0.0862. The van der Waals surface area contributed by atoms with Gasteiger partial charge in [-0.15, -0.1) is 0 Å². The second-order valence-electron chi connectivity index (χ2n) is 8.87. The molecule has 0 bridgehead atoms. The molecule has 0 fully saturated rings. The summed E-state index contributed by atoms with van der Waals surface area (Å²) >= 11 is 0. The molecule has 0 aliphatic rings. The molecule has 0 atom stereocenters. The fourth-order valence-corrected chi connectivity index (χ4v) is 3.34. The van der Waals surface area contributed by atoms with Crippen molar-refractivity contribution in [2.75, 3.05) is 20.8 Å². The molecule has 0 saturated carbocycles. The number of carbonyl (C=O) groups excluding carboxylic acids is 1. The van der Waals surface area contributed by atoms with Crippen molar-refractivity contribution in [3.8, 4) is 22.9 Å². The average Bonchev–Trinajstić information content (AvgIpc) is 3.24. The molecule has 3 aromatic rings. The van der Waals surface area contributed by atoms with Crippen molar-refractivity contribution in [3.63, 3.8) is 0 Å². The van der Waals surface area contributed by atoms with E-state index in [9.17, 15) is 4.79 Å². The van der Waals surface area contributed by atoms with Gasteiger partial charge < -0.3 is 18.9 Å². The lowest BCUT2D eigenvalue weighted by Crippen LogP contribution is -2.34. The van der Waals surface area contributed by atoms with Crippen molar-refractivity contribution < 1.29 is 18.8 Å². The number of benzene rings is 2. The zero-order valence-corrected chi connectivity index (χ0v) is 19.4. The first-order chi connectivity index (χ1) is 15.3. The molecule has 0 saturated heterocycles. The number of rotatable bonds is 9. The lowest BCUT2D eigenvalue weighted by Gasteiger charge is -2.26. The van der Waals surface area contributed by atoms with Crippen molar-refractivity contribution >= 4 is 5.91 Å². The summed E-state index contributed by atoms with van der Waals surface area (Å²) in [6, 6.07) is 15.4. The Hall–Kier alpha value is -3.35. The van der Waals surface area contributed by atoms with Crippen molar-refractivity contribution in [1.29, 1.82) is 0 Å². The van der Waals surface area contributed by atoms with Gasteiger partial charge in [0, 0.05) is 31.5 Å². The quantitative estimate of drug-likeness (QED) is 0.480. The van der Waals surface area contributed by atoms with Crippen LogP contribution in [0.2, 0.25) is 0 Å². The summed E-state index contributed by atoms with van der Waals surface area (Å²) in [7, 11) is 3.17. The van der Waals surface area contributed by atoms with Crippen LogP contribution in [0, 0.1) is 5.41 Å². The highest BCUT2D eigenvalue weighted by Gasteiger charge is 2.22. The van der Waals surface area contributed by atoms with E-state index in [1.54, 1.807) is 20.3 Å². The molecule has 2 aromatic carbocycles. The van der Waals surface area contributed by atoms with Gasteiger partial charge in [0.05, 0.1) is 14.2 Å². The number of hydrogen-bond acceptors (Lipinski definition) is 6. The summed E-state index contributed by atoms with van der Waals surface area (Å²) in [5, 5.41) is 4.10. The maximum atomic E-state index is 13.0. The number of aromatic nitrogens is 2. The van der Waals surface area contributed by atoms with Crippen molar-refractivity contribution in [2.24, 2.45) is 5.41 Å². The van der Waals surface area contributed by atoms with Gasteiger partial charge in [-0.25, -0.2) is 0 Å². The monoisotopic (exact) mass is 437 g/mol. The van der Waals surface area contributed by atoms with E-state index < -0.39 is 0 Å². The highest BCUT2D eigenvalue weighted by Crippen LogP contribution is 2.31. The molecule has 1 heterocycles. The number of methoxy groups -OCH3 is 2. The van der Waals surface area contributed by atoms with E-state index >= 15 is 0 Å². The molecule has 0 aliphatic carbocycles. The highest BCUT2D eigenvalue weighted by molar-refractivity contribution is 5.76. The molecule has 0 radical (unpaired) electrons. The Kier molecular flexibility index (Phi) is 7.51. The Morgan fingerprint density at radius 3 is 2.41 bits per heavy atom. The van der Waals surface area contributed by atoms with Gasteiger partial charge in [-0.05, 0) is 29.2 Å². The van der Waals surface area contributed by atoms with Gasteiger partial charge in [-0.3, -0.25) is 4.79 Å². The zero-order valence-electron chi connectivity index (χ0n) is 19.4. The van der Waals surface area contributed by atoms with Gasteiger partial charge in [-0.2, -0.15) is 4.98 Å². The number of ether oxygens (including phenoxy) is 2. The number of nitrogens with zero attached hydrogens (tertiary/aromatic N) is 3. The zero-order chi connectivity index (χ0) is 23.1. The first kappa shape index (κ1) is 23.3. The molecule has 1 amide bonds. The SMILES string of the molecule is COc1ccc(-c2noc(CCN(Cc3ccccc3)C(=O)CC(C)(C)C)n2)cc1OC. The van der Waals surface area contributed by atoms with E-state index in [1.165, 1.54) is 0 Å². The van der Waals surface area contributed by atoms with E-state index in [4.69, 9.17) is 14.0 Å². The molecule has 170 valence electrons. The molecule has 0 aliphatic heterocycles. The number of amides is 1. The summed E-state index contributed by atoms with van der Waals surface area (Å²) in [5.74, 6) is 2.29. The predicted octanol–water partition coefficient (Wildman–Crippen LogP) is 4.76. The summed E-state index contributed by atoms with van der Waals surface area (Å²) in [4.78, 5) is 19.3. The smallest absolute Gasteiger partial charge is 0.228 e. The lowest BCUT2D eigenvalue weighted by molar-refractivity contribution is -0.133. The third-order valence-corrected chi connectivity index (χ3v) is 4.96. The average molecular weight is 438 g/mol. The van der Waals surface area contributed by atoms with Crippen LogP contribution in [0.3, 0.4) is 0 Å². The van der Waals surface area contributed by atoms with Gasteiger partial charge in [0.1, 0.15) is 0 Å². The van der Waals surface area contributed by atoms with Crippen LogP contribution in [0.1, 0.15) is 38.6 Å². The second-order valence-corrected chi connectivity index (χ2v) is 8.87. The summed E-state index contributed by atoms with van der Waals surface area (Å²) < 4.78 is 16.1. The van der Waals surface area contributed by atoms with E-state index in [0.29, 0.717) is 49.1 Å². The standard InChI is InChI=1S/C25H31N3O4/c1-25(2,3)16-23(29)28(17-18-9-7-6-8-10-18)14-13-22-26-24(27-32-22)19-11-12-20(30-4)21(15-19)31-5/h6-12,15H,13-14,16-17H2,1-5H3. The minimum Gasteiger partial charge on any atom is -0.493 e. The van der Waals surface area contributed by atoms with Crippen LogP contribution in [0.25, 0.3) is 11.4 Å². The van der Waals surface area contributed by atoms with Crippen LogP contribution in [-0.4, -0.2) is 41.7 Å². The third kappa shape index (κ3) is 6.33. The first-order valence-electron chi connectivity index (χ1n) is 10.7. The summed E-state index contributed by atoms with van der Waals surface area (Å²) in [6.07, 6.45) is 0.948. The fraction of sp³-hybridized carbons (Fsp3) is 0.400. The maximum Gasteiger partial charge on any atom is 0.228 e. The molecule has 0 N–H and O–H groups in total. The molecule has 7 nitrogen and oxygen atoms in total. The predicted molar refractivity (Wildman–Crippen MR) is 122 cm³/mol. The van der Waals surface area contributed by atoms with Crippen molar-refractivity contribution in [1.82, 2.24) is 15.0 Å². The Labute approximate surface area is 189 Å². The van der Waals surface area contributed by atoms with E-state index in [2.05, 4.69) is 30.9 Å². The number of carbonyl (C=O) groups is 1. The maximum absolute atomic E-state index is 13.0. The van der Waals surface area contributed by atoms with Gasteiger partial charge >= 0.3 is 0 Å². The normalized spacial score (nSPS) is 11.3. The highest BCUT2D eigenvalue weighted by atomic mass is 16.5. The second kappa shape index (κ2) is 10.3. The Morgan fingerprint density at radius 1 is 1.03 bits per heavy atom. The molecule has 0 spiro atoms. The molecule has 32 heavy (non-hydrogen) atoms. The van der Waals surface area contributed by atoms with Gasteiger partial charge in [0.25, 0.3) is 0 Å². The number of hydrogen-bond donors (Lipinski definition) is 0. The molecule has 7 heteroatoms. The van der Waals surface area contributed by atoms with E-state index in [-0.39, 0.29) is 11.3 Å². The van der Waals surface area contributed by atoms with Gasteiger partial charge in [0.2, 0.25) is 17.6 Å². The lowest BCUT2D eigenvalue weighted by atomic mass is 9.91. The largest absolute Gasteiger partial charge is 0.493 e. The minimum absolute atomic E-state index is 0.0862. The molecule has 0 unspecified atom stereocenters. The van der Waals surface area contributed by atoms with Gasteiger partial charge in [-0.1, -0.05) is 56.3 Å². The van der Waals surface area contributed by atoms with Crippen molar-refractivity contribution in [2.45, 2.75) is 40.2 Å². The van der Waals surface area contributed by atoms with Crippen LogP contribution >= 0.6 is 0 Å². The fourth-order valence-electron chi connectivity index (χ4n) is 3.34. The van der Waals surface area contributed by atoms with E-state index in [0.717, 1.165) is 11.1 Å². The van der Waals surface area contributed by atoms with Crippen molar-refractivity contribution in [3.05, 3.63) is 60.0 Å². The third-order valence-electron chi connectivity index (χ3n) is 4.96. The topological polar surface area (TPSA) is 77.7 Å². The first-order valence-corrected chi connectivity index (χ1v) is 10.7. The summed E-state index contributed by atoms with van der Waals surface area (Å²) in [6.45, 7) is 7.25. The molecular formula is C25H31N3O4. The van der Waals surface area contributed by atoms with Crippen LogP contribution in [0.15, 0.2) is 53.1 Å². The van der Waals surface area contributed by atoms with Crippen LogP contribution in [0.4, 0.5) is 0 Å². The van der Waals surface area contributed by atoms with Crippen LogP contribution in [0.5, 0.6) is 11.5 Å².